The fourth-order valence-electron chi connectivity index (χ4n) is 2.47. The van der Waals surface area contributed by atoms with Gasteiger partial charge in [0.2, 0.25) is 15.9 Å². The monoisotopic (exact) mass is 393 g/mol. The number of benzene rings is 2. The summed E-state index contributed by atoms with van der Waals surface area (Å²) in [5, 5.41) is 7.97. The highest BCUT2D eigenvalue weighted by atomic mass is 32.2. The molecule has 2 aromatic carbocycles. The van der Waals surface area contributed by atoms with Gasteiger partial charge in [-0.2, -0.15) is 0 Å². The number of amides is 1. The molecule has 0 saturated carbocycles. The quantitative estimate of drug-likeness (QED) is 0.736. The van der Waals surface area contributed by atoms with Crippen molar-refractivity contribution in [3.8, 4) is 0 Å². The van der Waals surface area contributed by atoms with Gasteiger partial charge in [0.1, 0.15) is 0 Å². The molecule has 3 N–H and O–H groups in total. The van der Waals surface area contributed by atoms with Crippen molar-refractivity contribution in [2.24, 2.45) is 5.14 Å². The molecule has 0 atom stereocenters. The van der Waals surface area contributed by atoms with E-state index in [-0.39, 0.29) is 16.6 Å². The number of anilines is 2. The van der Waals surface area contributed by atoms with Crippen LogP contribution < -0.4 is 15.4 Å². The smallest absolute Gasteiger partial charge is 0.238 e. The van der Waals surface area contributed by atoms with Crippen LogP contribution in [0.2, 0.25) is 0 Å². The zero-order valence-electron chi connectivity index (χ0n) is 15.2. The Hall–Kier alpha value is -2.03. The first-order valence-electron chi connectivity index (χ1n) is 7.92. The lowest BCUT2D eigenvalue weighted by molar-refractivity contribution is -0.113. The summed E-state index contributed by atoms with van der Waals surface area (Å²) in [5.41, 5.74) is 3.40. The van der Waals surface area contributed by atoms with Crippen LogP contribution >= 0.6 is 11.8 Å². The standard InChI is InChI=1S/C18H23N3O3S2/c1-12-5-8-17(13(2)9-12)25-11-18(22)20-15-10-14(26(19,23)24)6-7-16(15)21(3)4/h5-10H,11H2,1-4H3,(H,20,22)(H2,19,23,24). The number of primary sulfonamides is 1. The molecule has 0 heterocycles. The van der Waals surface area contributed by atoms with E-state index >= 15 is 0 Å². The van der Waals surface area contributed by atoms with Gasteiger partial charge in [-0.1, -0.05) is 17.7 Å². The van der Waals surface area contributed by atoms with E-state index in [2.05, 4.69) is 11.4 Å². The fourth-order valence-corrected chi connectivity index (χ4v) is 3.82. The summed E-state index contributed by atoms with van der Waals surface area (Å²) >= 11 is 1.44. The number of thioether (sulfide) groups is 1. The average molecular weight is 394 g/mol. The molecule has 0 fully saturated rings. The third-order valence-electron chi connectivity index (χ3n) is 3.74. The molecular formula is C18H23N3O3S2. The summed E-state index contributed by atoms with van der Waals surface area (Å²) in [6, 6.07) is 10.5. The Morgan fingerprint density at radius 3 is 2.42 bits per heavy atom. The van der Waals surface area contributed by atoms with Crippen molar-refractivity contribution in [2.45, 2.75) is 23.6 Å². The summed E-state index contributed by atoms with van der Waals surface area (Å²) < 4.78 is 23.2. The lowest BCUT2D eigenvalue weighted by Gasteiger charge is -2.19. The Bertz CT molecular complexity index is 925. The maximum absolute atomic E-state index is 12.4. The topological polar surface area (TPSA) is 92.5 Å². The zero-order valence-corrected chi connectivity index (χ0v) is 16.9. The Kier molecular flexibility index (Phi) is 6.33. The van der Waals surface area contributed by atoms with Gasteiger partial charge in [-0.3, -0.25) is 4.79 Å². The maximum Gasteiger partial charge on any atom is 0.238 e. The number of nitrogens with two attached hydrogens (primary N) is 1. The summed E-state index contributed by atoms with van der Waals surface area (Å²) in [7, 11) is -0.221. The van der Waals surface area contributed by atoms with E-state index in [0.29, 0.717) is 11.4 Å². The summed E-state index contributed by atoms with van der Waals surface area (Å²) in [4.78, 5) is 15.2. The number of nitrogens with one attached hydrogen (secondary N) is 1. The highest BCUT2D eigenvalue weighted by molar-refractivity contribution is 8.00. The number of carbonyl (C=O) groups is 1. The van der Waals surface area contributed by atoms with Gasteiger partial charge in [0.05, 0.1) is 22.0 Å². The first kappa shape index (κ1) is 20.3. The number of aryl methyl sites for hydroxylation is 2. The van der Waals surface area contributed by atoms with Crippen LogP contribution in [0.15, 0.2) is 46.2 Å². The van der Waals surface area contributed by atoms with E-state index in [0.717, 1.165) is 10.5 Å². The molecule has 0 aliphatic carbocycles. The minimum absolute atomic E-state index is 0.0413. The second-order valence-electron chi connectivity index (χ2n) is 6.22. The molecule has 2 rings (SSSR count). The van der Waals surface area contributed by atoms with E-state index < -0.39 is 10.0 Å². The molecule has 0 aromatic heterocycles. The van der Waals surface area contributed by atoms with Crippen molar-refractivity contribution in [1.82, 2.24) is 0 Å². The number of rotatable bonds is 6. The summed E-state index contributed by atoms with van der Waals surface area (Å²) in [6.45, 7) is 4.03. The zero-order chi connectivity index (χ0) is 19.5. The first-order chi connectivity index (χ1) is 12.1. The molecule has 0 spiro atoms. The number of hydrogen-bond donors (Lipinski definition) is 2. The fraction of sp³-hybridized carbons (Fsp3) is 0.278. The van der Waals surface area contributed by atoms with Crippen molar-refractivity contribution in [3.63, 3.8) is 0 Å². The van der Waals surface area contributed by atoms with Crippen LogP contribution in [0.1, 0.15) is 11.1 Å². The van der Waals surface area contributed by atoms with Gasteiger partial charge >= 0.3 is 0 Å². The molecule has 26 heavy (non-hydrogen) atoms. The molecule has 8 heteroatoms. The van der Waals surface area contributed by atoms with Gasteiger partial charge in [-0.25, -0.2) is 13.6 Å². The number of carbonyl (C=O) groups excluding carboxylic acids is 1. The van der Waals surface area contributed by atoms with Gasteiger partial charge in [0.25, 0.3) is 0 Å². The third kappa shape index (κ3) is 5.23. The minimum atomic E-state index is -3.84. The lowest BCUT2D eigenvalue weighted by atomic mass is 10.2. The molecule has 0 radical (unpaired) electrons. The Balaban J connectivity index is 2.16. The van der Waals surface area contributed by atoms with Crippen molar-refractivity contribution in [1.29, 1.82) is 0 Å². The van der Waals surface area contributed by atoms with E-state index in [1.165, 1.54) is 29.5 Å². The van der Waals surface area contributed by atoms with Crippen LogP contribution in [0.4, 0.5) is 11.4 Å². The van der Waals surface area contributed by atoms with Crippen LogP contribution in [0.3, 0.4) is 0 Å². The normalized spacial score (nSPS) is 11.3. The Morgan fingerprint density at radius 1 is 1.15 bits per heavy atom. The number of hydrogen-bond acceptors (Lipinski definition) is 5. The van der Waals surface area contributed by atoms with Crippen molar-refractivity contribution < 1.29 is 13.2 Å². The van der Waals surface area contributed by atoms with E-state index in [1.807, 2.05) is 40.1 Å². The van der Waals surface area contributed by atoms with Crippen molar-refractivity contribution in [2.75, 3.05) is 30.1 Å². The highest BCUT2D eigenvalue weighted by Crippen LogP contribution is 2.28. The van der Waals surface area contributed by atoms with Gasteiger partial charge in [0.15, 0.2) is 0 Å². The summed E-state index contributed by atoms with van der Waals surface area (Å²) in [6.07, 6.45) is 0. The molecule has 0 bridgehead atoms. The largest absolute Gasteiger partial charge is 0.376 e. The molecule has 2 aromatic rings. The van der Waals surface area contributed by atoms with Crippen LogP contribution in [-0.4, -0.2) is 34.2 Å². The van der Waals surface area contributed by atoms with Crippen LogP contribution in [-0.2, 0) is 14.8 Å². The Morgan fingerprint density at radius 2 is 1.85 bits per heavy atom. The average Bonchev–Trinajstić information content (AvgIpc) is 2.52. The van der Waals surface area contributed by atoms with Crippen LogP contribution in [0, 0.1) is 13.8 Å². The van der Waals surface area contributed by atoms with Gasteiger partial charge < -0.3 is 10.2 Å². The minimum Gasteiger partial charge on any atom is -0.376 e. The van der Waals surface area contributed by atoms with Gasteiger partial charge in [-0.05, 0) is 43.7 Å². The van der Waals surface area contributed by atoms with Crippen molar-refractivity contribution in [3.05, 3.63) is 47.5 Å². The molecule has 1 amide bonds. The summed E-state index contributed by atoms with van der Waals surface area (Å²) in [5.74, 6) is 0.000701. The maximum atomic E-state index is 12.4. The predicted octanol–water partition coefficient (Wildman–Crippen LogP) is 2.75. The first-order valence-corrected chi connectivity index (χ1v) is 10.4. The lowest BCUT2D eigenvalue weighted by Crippen LogP contribution is -2.19. The predicted molar refractivity (Wildman–Crippen MR) is 107 cm³/mol. The molecule has 0 unspecified atom stereocenters. The number of sulfonamides is 1. The Labute approximate surface area is 158 Å². The second kappa shape index (κ2) is 8.11. The molecule has 140 valence electrons. The second-order valence-corrected chi connectivity index (χ2v) is 8.80. The third-order valence-corrected chi connectivity index (χ3v) is 5.83. The van der Waals surface area contributed by atoms with Gasteiger partial charge in [0, 0.05) is 19.0 Å². The SMILES string of the molecule is Cc1ccc(SCC(=O)Nc2cc(S(N)(=O)=O)ccc2N(C)C)c(C)c1. The molecule has 0 saturated heterocycles. The van der Waals surface area contributed by atoms with E-state index in [9.17, 15) is 13.2 Å². The molecule has 6 nitrogen and oxygen atoms in total. The van der Waals surface area contributed by atoms with Crippen molar-refractivity contribution >= 4 is 39.1 Å². The van der Waals surface area contributed by atoms with Crippen LogP contribution in [0.5, 0.6) is 0 Å². The van der Waals surface area contributed by atoms with E-state index in [1.54, 1.807) is 11.0 Å². The molecule has 0 aliphatic heterocycles. The van der Waals surface area contributed by atoms with Crippen LogP contribution in [0.25, 0.3) is 0 Å². The highest BCUT2D eigenvalue weighted by Gasteiger charge is 2.15. The van der Waals surface area contributed by atoms with Gasteiger partial charge in [-0.15, -0.1) is 11.8 Å². The molecule has 0 aliphatic rings. The molecular weight excluding hydrogens is 370 g/mol. The van der Waals surface area contributed by atoms with E-state index in [4.69, 9.17) is 5.14 Å². The number of nitrogens with zero attached hydrogens (tertiary/aromatic N) is 1.